The van der Waals surface area contributed by atoms with Crippen LogP contribution in [0.4, 0.5) is 0 Å². The van der Waals surface area contributed by atoms with Crippen molar-refractivity contribution in [2.75, 3.05) is 0 Å². The second kappa shape index (κ2) is 4.58. The van der Waals surface area contributed by atoms with Gasteiger partial charge in [0.1, 0.15) is 6.07 Å². The van der Waals surface area contributed by atoms with E-state index in [1.165, 1.54) is 11.3 Å². The average Bonchev–Trinajstić information content (AvgIpc) is 3.05. The molecule has 0 bridgehead atoms. The van der Waals surface area contributed by atoms with Crippen molar-refractivity contribution in [1.82, 2.24) is 14.8 Å². The maximum atomic E-state index is 12.3. The fraction of sp³-hybridized carbons (Fsp3) is 0.231. The molecular weight excluding hydrogens is 276 g/mol. The molecule has 100 valence electrons. The SMILES string of the molecule is CC(C)c1nc(C#N)c(-n2ncc3sccc3c2=O)o1. The molecule has 0 aliphatic carbocycles. The van der Waals surface area contributed by atoms with Crippen molar-refractivity contribution >= 4 is 21.4 Å². The van der Waals surface area contributed by atoms with Gasteiger partial charge in [-0.15, -0.1) is 11.3 Å². The van der Waals surface area contributed by atoms with Gasteiger partial charge in [-0.05, 0) is 11.4 Å². The van der Waals surface area contributed by atoms with Crippen LogP contribution in [0.25, 0.3) is 16.0 Å². The molecule has 7 heteroatoms. The smallest absolute Gasteiger partial charge is 0.282 e. The number of nitrogens with zero attached hydrogens (tertiary/aromatic N) is 4. The zero-order chi connectivity index (χ0) is 14.3. The molecule has 6 nitrogen and oxygen atoms in total. The molecule has 3 aromatic heterocycles. The van der Waals surface area contributed by atoms with Gasteiger partial charge in [-0.2, -0.15) is 15.0 Å². The van der Waals surface area contributed by atoms with Crippen molar-refractivity contribution in [3.63, 3.8) is 0 Å². The van der Waals surface area contributed by atoms with Gasteiger partial charge in [0.25, 0.3) is 11.4 Å². The van der Waals surface area contributed by atoms with Crippen molar-refractivity contribution < 1.29 is 4.42 Å². The third-order valence-electron chi connectivity index (χ3n) is 2.83. The Kier molecular flexibility index (Phi) is 2.88. The highest BCUT2D eigenvalue weighted by atomic mass is 32.1. The number of rotatable bonds is 2. The Morgan fingerprint density at radius 2 is 2.30 bits per heavy atom. The minimum atomic E-state index is -0.313. The van der Waals surface area contributed by atoms with Crippen LogP contribution < -0.4 is 5.56 Å². The molecule has 0 N–H and O–H groups in total. The predicted octanol–water partition coefficient (Wildman–Crippen LogP) is 2.43. The number of fused-ring (bicyclic) bond motifs is 1. The molecule has 3 rings (SSSR count). The third-order valence-corrected chi connectivity index (χ3v) is 3.68. The fourth-order valence-electron chi connectivity index (χ4n) is 1.81. The molecule has 0 aliphatic rings. The first-order chi connectivity index (χ1) is 9.61. The lowest BCUT2D eigenvalue weighted by Crippen LogP contribution is -2.20. The lowest BCUT2D eigenvalue weighted by molar-refractivity contribution is 0.444. The summed E-state index contributed by atoms with van der Waals surface area (Å²) >= 11 is 1.44. The van der Waals surface area contributed by atoms with Gasteiger partial charge >= 0.3 is 0 Å². The Morgan fingerprint density at radius 1 is 1.50 bits per heavy atom. The molecule has 0 saturated heterocycles. The minimum Gasteiger partial charge on any atom is -0.421 e. The van der Waals surface area contributed by atoms with Crippen LogP contribution in [0, 0.1) is 11.3 Å². The zero-order valence-corrected chi connectivity index (χ0v) is 11.6. The predicted molar refractivity (Wildman–Crippen MR) is 74.1 cm³/mol. The molecule has 0 spiro atoms. The van der Waals surface area contributed by atoms with Crippen molar-refractivity contribution in [3.05, 3.63) is 39.6 Å². The van der Waals surface area contributed by atoms with Crippen LogP contribution in [0.2, 0.25) is 0 Å². The summed E-state index contributed by atoms with van der Waals surface area (Å²) in [7, 11) is 0. The highest BCUT2D eigenvalue weighted by Crippen LogP contribution is 2.21. The first-order valence-electron chi connectivity index (χ1n) is 5.98. The van der Waals surface area contributed by atoms with Gasteiger partial charge in [0.2, 0.25) is 11.6 Å². The van der Waals surface area contributed by atoms with Crippen molar-refractivity contribution in [2.45, 2.75) is 19.8 Å². The molecule has 3 heterocycles. The van der Waals surface area contributed by atoms with Crippen LogP contribution in [0.15, 0.2) is 26.9 Å². The molecule has 0 aliphatic heterocycles. The lowest BCUT2D eigenvalue weighted by atomic mass is 10.2. The van der Waals surface area contributed by atoms with Crippen LogP contribution >= 0.6 is 11.3 Å². The molecule has 0 fully saturated rings. The zero-order valence-electron chi connectivity index (χ0n) is 10.8. The maximum absolute atomic E-state index is 12.3. The summed E-state index contributed by atoms with van der Waals surface area (Å²) in [5.74, 6) is 0.515. The van der Waals surface area contributed by atoms with E-state index in [4.69, 9.17) is 9.68 Å². The second-order valence-electron chi connectivity index (χ2n) is 4.53. The van der Waals surface area contributed by atoms with E-state index in [0.29, 0.717) is 11.3 Å². The number of oxazole rings is 1. The summed E-state index contributed by atoms with van der Waals surface area (Å²) in [5.41, 5.74) is -0.246. The van der Waals surface area contributed by atoms with Gasteiger partial charge in [0, 0.05) is 5.92 Å². The minimum absolute atomic E-state index is 0.0245. The molecule has 3 aromatic rings. The van der Waals surface area contributed by atoms with Crippen molar-refractivity contribution in [2.24, 2.45) is 0 Å². The molecule has 0 amide bonds. The van der Waals surface area contributed by atoms with E-state index in [1.54, 1.807) is 12.3 Å². The van der Waals surface area contributed by atoms with E-state index in [9.17, 15) is 4.79 Å². The standard InChI is InChI=1S/C13H10N4O2S/c1-7(2)11-16-9(5-14)13(19-11)17-12(18)8-3-4-20-10(8)6-15-17/h3-4,6-7H,1-2H3. The summed E-state index contributed by atoms with van der Waals surface area (Å²) in [6.45, 7) is 3.80. The Bertz CT molecular complexity index is 882. The average molecular weight is 286 g/mol. The Labute approximate surface area is 117 Å². The van der Waals surface area contributed by atoms with E-state index in [0.717, 1.165) is 9.38 Å². The number of aromatic nitrogens is 3. The van der Waals surface area contributed by atoms with Crippen LogP contribution in [-0.4, -0.2) is 14.8 Å². The topological polar surface area (TPSA) is 84.7 Å². The van der Waals surface area contributed by atoms with Crippen LogP contribution in [0.5, 0.6) is 0 Å². The molecule has 0 unspecified atom stereocenters. The third kappa shape index (κ3) is 1.82. The fourth-order valence-corrected chi connectivity index (χ4v) is 2.55. The molecule has 0 aromatic carbocycles. The van der Waals surface area contributed by atoms with E-state index in [1.807, 2.05) is 25.3 Å². The van der Waals surface area contributed by atoms with Gasteiger partial charge in [-0.25, -0.2) is 4.98 Å². The van der Waals surface area contributed by atoms with Gasteiger partial charge in [0.05, 0.1) is 16.3 Å². The Balaban J connectivity index is 2.28. The van der Waals surface area contributed by atoms with Crippen LogP contribution in [0.3, 0.4) is 0 Å². The van der Waals surface area contributed by atoms with E-state index in [-0.39, 0.29) is 23.1 Å². The summed E-state index contributed by atoms with van der Waals surface area (Å²) in [6.07, 6.45) is 1.58. The van der Waals surface area contributed by atoms with Gasteiger partial charge in [-0.1, -0.05) is 13.8 Å². The van der Waals surface area contributed by atoms with Crippen LogP contribution in [-0.2, 0) is 0 Å². The largest absolute Gasteiger partial charge is 0.421 e. The van der Waals surface area contributed by atoms with Crippen LogP contribution in [0.1, 0.15) is 31.4 Å². The number of hydrogen-bond acceptors (Lipinski definition) is 6. The van der Waals surface area contributed by atoms with E-state index < -0.39 is 0 Å². The quantitative estimate of drug-likeness (QED) is 0.722. The van der Waals surface area contributed by atoms with E-state index >= 15 is 0 Å². The normalized spacial score (nSPS) is 11.1. The highest BCUT2D eigenvalue weighted by Gasteiger charge is 2.19. The summed E-state index contributed by atoms with van der Waals surface area (Å²) in [5, 5.41) is 15.6. The number of thiophene rings is 1. The molecule has 0 radical (unpaired) electrons. The number of hydrogen-bond donors (Lipinski definition) is 0. The van der Waals surface area contributed by atoms with Crippen molar-refractivity contribution in [1.29, 1.82) is 5.26 Å². The highest BCUT2D eigenvalue weighted by molar-refractivity contribution is 7.17. The molecule has 0 atom stereocenters. The summed E-state index contributed by atoms with van der Waals surface area (Å²) < 4.78 is 7.42. The summed E-state index contributed by atoms with van der Waals surface area (Å²) in [4.78, 5) is 16.4. The van der Waals surface area contributed by atoms with Crippen molar-refractivity contribution in [3.8, 4) is 12.0 Å². The van der Waals surface area contributed by atoms with Gasteiger partial charge in [-0.3, -0.25) is 4.79 Å². The van der Waals surface area contributed by atoms with E-state index in [2.05, 4.69) is 10.1 Å². The Morgan fingerprint density at radius 3 is 3.00 bits per heavy atom. The Hall–Kier alpha value is -2.46. The molecule has 20 heavy (non-hydrogen) atoms. The van der Waals surface area contributed by atoms with Gasteiger partial charge < -0.3 is 4.42 Å². The second-order valence-corrected chi connectivity index (χ2v) is 5.48. The van der Waals surface area contributed by atoms with Gasteiger partial charge in [0.15, 0.2) is 0 Å². The molecular formula is C13H10N4O2S. The molecule has 0 saturated carbocycles. The lowest BCUT2D eigenvalue weighted by Gasteiger charge is -2.00. The first-order valence-corrected chi connectivity index (χ1v) is 6.86. The maximum Gasteiger partial charge on any atom is 0.282 e. The monoisotopic (exact) mass is 286 g/mol. The summed E-state index contributed by atoms with van der Waals surface area (Å²) in [6, 6.07) is 3.66. The number of nitriles is 1. The first kappa shape index (κ1) is 12.6.